The average Bonchev–Trinajstić information content (AvgIpc) is 2.98. The Morgan fingerprint density at radius 2 is 1.76 bits per heavy atom. The summed E-state index contributed by atoms with van der Waals surface area (Å²) in [5.41, 5.74) is 9.31. The van der Waals surface area contributed by atoms with Crippen LogP contribution < -0.4 is 10.6 Å². The van der Waals surface area contributed by atoms with Crippen LogP contribution in [0.1, 0.15) is 50.2 Å². The van der Waals surface area contributed by atoms with Crippen molar-refractivity contribution in [3.05, 3.63) is 83.7 Å². The molecule has 0 aliphatic carbocycles. The van der Waals surface area contributed by atoms with Crippen molar-refractivity contribution in [2.24, 2.45) is 0 Å². The van der Waals surface area contributed by atoms with Gasteiger partial charge in [0.05, 0.1) is 18.0 Å². The Kier molecular flexibility index (Phi) is 7.66. The van der Waals surface area contributed by atoms with Crippen molar-refractivity contribution < 1.29 is 23.3 Å². The molecule has 1 aliphatic rings. The number of carbonyl (C=O) groups excluding carboxylic acids is 3. The van der Waals surface area contributed by atoms with E-state index in [0.717, 1.165) is 10.5 Å². The van der Waals surface area contributed by atoms with Crippen LogP contribution in [-0.2, 0) is 20.8 Å². The van der Waals surface area contributed by atoms with Crippen LogP contribution in [0.3, 0.4) is 0 Å². The van der Waals surface area contributed by atoms with Crippen molar-refractivity contribution in [3.63, 3.8) is 0 Å². The molecule has 1 unspecified atom stereocenters. The zero-order valence-electron chi connectivity index (χ0n) is 20.8. The van der Waals surface area contributed by atoms with Crippen molar-refractivity contribution in [2.75, 3.05) is 10.6 Å². The summed E-state index contributed by atoms with van der Waals surface area (Å²) < 4.78 is 28.9. The standard InChI is InChI=1S/C29H29F2N3O3/c1-3-4-11-25(34(31)26(35)17-19-13-15-20(30)16-14-19)29(37)33-24-12-7-10-23(32)27(24)22-9-6-5-8-21(22)18(2)28(33)36/h5-10,12-16,18,25H,3-4,11,17,32H2,1-2H3/t18?,25-/m0/s1. The summed E-state index contributed by atoms with van der Waals surface area (Å²) in [5.74, 6) is -3.49. The minimum Gasteiger partial charge on any atom is -0.398 e. The van der Waals surface area contributed by atoms with E-state index >= 15 is 4.48 Å². The van der Waals surface area contributed by atoms with Gasteiger partial charge in [0.15, 0.2) is 0 Å². The number of nitrogen functional groups attached to an aromatic ring is 1. The molecule has 0 saturated carbocycles. The molecule has 1 aliphatic heterocycles. The van der Waals surface area contributed by atoms with E-state index in [2.05, 4.69) is 0 Å². The number of benzene rings is 3. The molecule has 8 heteroatoms. The Balaban J connectivity index is 1.74. The third kappa shape index (κ3) is 5.09. The highest BCUT2D eigenvalue weighted by atomic mass is 19.2. The molecule has 0 spiro atoms. The van der Waals surface area contributed by atoms with Gasteiger partial charge < -0.3 is 5.73 Å². The van der Waals surface area contributed by atoms with Gasteiger partial charge in [0, 0.05) is 11.3 Å². The minimum atomic E-state index is -1.51. The normalized spacial score (nSPS) is 15.4. The predicted molar refractivity (Wildman–Crippen MR) is 139 cm³/mol. The van der Waals surface area contributed by atoms with E-state index in [-0.39, 0.29) is 23.7 Å². The van der Waals surface area contributed by atoms with Crippen LogP contribution >= 0.6 is 0 Å². The van der Waals surface area contributed by atoms with Gasteiger partial charge in [-0.05, 0) is 54.3 Å². The number of anilines is 2. The van der Waals surface area contributed by atoms with Gasteiger partial charge in [0.1, 0.15) is 11.9 Å². The molecule has 192 valence electrons. The molecule has 1 heterocycles. The number of unbranched alkanes of at least 4 members (excludes halogenated alkanes) is 1. The van der Waals surface area contributed by atoms with Crippen LogP contribution in [-0.4, -0.2) is 28.9 Å². The average molecular weight is 506 g/mol. The fourth-order valence-electron chi connectivity index (χ4n) is 4.72. The maximum absolute atomic E-state index is 15.6. The second-order valence-electron chi connectivity index (χ2n) is 9.23. The van der Waals surface area contributed by atoms with Crippen LogP contribution in [0.4, 0.5) is 20.2 Å². The van der Waals surface area contributed by atoms with Gasteiger partial charge in [-0.25, -0.2) is 9.29 Å². The number of nitrogens with two attached hydrogens (primary N) is 1. The van der Waals surface area contributed by atoms with Gasteiger partial charge in [-0.3, -0.25) is 14.4 Å². The number of hydrogen-bond acceptors (Lipinski definition) is 4. The quantitative estimate of drug-likeness (QED) is 0.336. The Bertz CT molecular complexity index is 1330. The fourth-order valence-corrected chi connectivity index (χ4v) is 4.72. The molecule has 0 radical (unpaired) electrons. The molecule has 4 rings (SSSR count). The molecule has 0 aromatic heterocycles. The Labute approximate surface area is 214 Å². The lowest BCUT2D eigenvalue weighted by molar-refractivity contribution is -0.158. The third-order valence-electron chi connectivity index (χ3n) is 6.72. The van der Waals surface area contributed by atoms with Gasteiger partial charge in [-0.2, -0.15) is 5.12 Å². The largest absolute Gasteiger partial charge is 0.398 e. The van der Waals surface area contributed by atoms with E-state index in [1.54, 1.807) is 31.2 Å². The molecule has 0 fully saturated rings. The Hall–Kier alpha value is -4.07. The molecular weight excluding hydrogens is 476 g/mol. The second-order valence-corrected chi connectivity index (χ2v) is 9.23. The van der Waals surface area contributed by atoms with Crippen molar-refractivity contribution >= 4 is 29.1 Å². The zero-order chi connectivity index (χ0) is 26.7. The summed E-state index contributed by atoms with van der Waals surface area (Å²) >= 11 is 0. The van der Waals surface area contributed by atoms with Crippen LogP contribution in [0.25, 0.3) is 11.1 Å². The van der Waals surface area contributed by atoms with Crippen molar-refractivity contribution in [1.82, 2.24) is 5.12 Å². The monoisotopic (exact) mass is 505 g/mol. The first-order valence-corrected chi connectivity index (χ1v) is 12.3. The minimum absolute atomic E-state index is 0.0315. The SMILES string of the molecule is CCCC[C@@H](C(=O)N1C(=O)C(C)c2ccccc2-c2c(N)cccc21)N(F)C(=O)Cc1ccc(F)cc1. The molecule has 0 bridgehead atoms. The smallest absolute Gasteiger partial charge is 0.259 e. The molecule has 2 atom stereocenters. The van der Waals surface area contributed by atoms with E-state index in [4.69, 9.17) is 5.73 Å². The van der Waals surface area contributed by atoms with Crippen molar-refractivity contribution in [1.29, 1.82) is 0 Å². The van der Waals surface area contributed by atoms with Gasteiger partial charge in [-0.1, -0.05) is 66.7 Å². The van der Waals surface area contributed by atoms with E-state index in [1.165, 1.54) is 24.3 Å². The number of halogens is 2. The number of amides is 3. The zero-order valence-corrected chi connectivity index (χ0v) is 20.8. The van der Waals surface area contributed by atoms with Crippen molar-refractivity contribution in [2.45, 2.75) is 51.5 Å². The topological polar surface area (TPSA) is 83.7 Å². The lowest BCUT2D eigenvalue weighted by atomic mass is 9.92. The third-order valence-corrected chi connectivity index (χ3v) is 6.72. The molecule has 3 aromatic carbocycles. The highest BCUT2D eigenvalue weighted by molar-refractivity contribution is 6.22. The molecule has 37 heavy (non-hydrogen) atoms. The molecular formula is C29H29F2N3O3. The Morgan fingerprint density at radius 1 is 1.05 bits per heavy atom. The second kappa shape index (κ2) is 10.9. The summed E-state index contributed by atoms with van der Waals surface area (Å²) in [6.07, 6.45) is 0.793. The van der Waals surface area contributed by atoms with Gasteiger partial charge in [0.25, 0.3) is 11.8 Å². The fraction of sp³-hybridized carbons (Fsp3) is 0.276. The maximum atomic E-state index is 15.6. The lowest BCUT2D eigenvalue weighted by Crippen LogP contribution is -2.51. The number of fused-ring (bicyclic) bond motifs is 3. The maximum Gasteiger partial charge on any atom is 0.259 e. The van der Waals surface area contributed by atoms with E-state index in [9.17, 15) is 18.8 Å². The number of rotatable bonds is 7. The highest BCUT2D eigenvalue weighted by Gasteiger charge is 2.41. The first-order chi connectivity index (χ1) is 17.7. The summed E-state index contributed by atoms with van der Waals surface area (Å²) in [6.45, 7) is 3.58. The lowest BCUT2D eigenvalue weighted by Gasteiger charge is -2.30. The molecule has 3 amide bonds. The molecule has 2 N–H and O–H groups in total. The number of hydrogen-bond donors (Lipinski definition) is 1. The summed E-state index contributed by atoms with van der Waals surface area (Å²) in [4.78, 5) is 41.5. The predicted octanol–water partition coefficient (Wildman–Crippen LogP) is 5.57. The molecule has 3 aromatic rings. The number of carbonyl (C=O) groups is 3. The first kappa shape index (κ1) is 26.0. The van der Waals surface area contributed by atoms with Crippen LogP contribution in [0.2, 0.25) is 0 Å². The van der Waals surface area contributed by atoms with Gasteiger partial charge in [0.2, 0.25) is 5.91 Å². The summed E-state index contributed by atoms with van der Waals surface area (Å²) in [7, 11) is 0. The molecule has 6 nitrogen and oxygen atoms in total. The van der Waals surface area contributed by atoms with E-state index in [1.807, 2.05) is 25.1 Å². The van der Waals surface area contributed by atoms with Gasteiger partial charge >= 0.3 is 0 Å². The summed E-state index contributed by atoms with van der Waals surface area (Å²) in [6, 6.07) is 15.8. The molecule has 0 saturated heterocycles. The first-order valence-electron chi connectivity index (χ1n) is 12.3. The summed E-state index contributed by atoms with van der Waals surface area (Å²) in [5, 5.41) is -0.0801. The van der Waals surface area contributed by atoms with Crippen LogP contribution in [0, 0.1) is 5.82 Å². The highest BCUT2D eigenvalue weighted by Crippen LogP contribution is 2.44. The number of nitrogens with zero attached hydrogens (tertiary/aromatic N) is 2. The van der Waals surface area contributed by atoms with Crippen molar-refractivity contribution in [3.8, 4) is 11.1 Å². The van der Waals surface area contributed by atoms with E-state index < -0.39 is 35.5 Å². The number of imide groups is 1. The van der Waals surface area contributed by atoms with Crippen LogP contribution in [0.5, 0.6) is 0 Å². The Morgan fingerprint density at radius 3 is 2.46 bits per heavy atom. The van der Waals surface area contributed by atoms with E-state index in [0.29, 0.717) is 35.2 Å². The van der Waals surface area contributed by atoms with Crippen LogP contribution in [0.15, 0.2) is 66.7 Å². The van der Waals surface area contributed by atoms with Gasteiger partial charge in [-0.15, -0.1) is 0 Å².